The highest BCUT2D eigenvalue weighted by molar-refractivity contribution is 7.71. The Morgan fingerprint density at radius 1 is 1.18 bits per heavy atom. The highest BCUT2D eigenvalue weighted by atomic mass is 32.1. The van der Waals surface area contributed by atoms with E-state index in [2.05, 4.69) is 20.5 Å². The first-order chi connectivity index (χ1) is 13.6. The number of hydrogen-bond donors (Lipinski definition) is 2. The molecule has 0 atom stereocenters. The van der Waals surface area contributed by atoms with Crippen LogP contribution in [0.25, 0.3) is 22.6 Å². The zero-order valence-corrected chi connectivity index (χ0v) is 16.7. The van der Waals surface area contributed by atoms with Crippen molar-refractivity contribution in [2.45, 2.75) is 13.5 Å². The number of hydrogen-bond acceptors (Lipinski definition) is 5. The summed E-state index contributed by atoms with van der Waals surface area (Å²) in [5, 5.41) is 12.4. The SMILES string of the molecule is Cc1cccc(-c2n[nH]c(=S)n2CC(=O)Nc2nc(-c3ccccc3)cs2)c1. The molecule has 0 saturated carbocycles. The number of benzene rings is 2. The first-order valence-electron chi connectivity index (χ1n) is 8.63. The average molecular weight is 408 g/mol. The standard InChI is InChI=1S/C20H17N5OS2/c1-13-6-5-9-15(10-13)18-23-24-20(27)25(18)11-17(26)22-19-21-16(12-28-19)14-7-3-2-4-8-14/h2-10,12H,11H2,1H3,(H,24,27)(H,21,22,26). The van der Waals surface area contributed by atoms with E-state index in [9.17, 15) is 4.79 Å². The molecule has 2 N–H and O–H groups in total. The average Bonchev–Trinajstić information content (AvgIpc) is 3.30. The third kappa shape index (κ3) is 3.92. The number of carbonyl (C=O) groups excluding carboxylic acids is 1. The predicted octanol–water partition coefficient (Wildman–Crippen LogP) is 4.68. The van der Waals surface area contributed by atoms with Crippen LogP contribution in [0.4, 0.5) is 5.13 Å². The maximum Gasteiger partial charge on any atom is 0.246 e. The van der Waals surface area contributed by atoms with E-state index in [1.54, 1.807) is 4.57 Å². The second-order valence-corrected chi connectivity index (χ2v) is 7.50. The van der Waals surface area contributed by atoms with Gasteiger partial charge in [-0.2, -0.15) is 5.10 Å². The summed E-state index contributed by atoms with van der Waals surface area (Å²) in [4.78, 5) is 17.1. The van der Waals surface area contributed by atoms with Crippen LogP contribution >= 0.6 is 23.6 Å². The van der Waals surface area contributed by atoms with E-state index in [1.807, 2.05) is 66.9 Å². The van der Waals surface area contributed by atoms with Crippen LogP contribution in [0.15, 0.2) is 60.0 Å². The number of rotatable bonds is 5. The number of amides is 1. The number of nitrogens with zero attached hydrogens (tertiary/aromatic N) is 3. The summed E-state index contributed by atoms with van der Waals surface area (Å²) in [5.74, 6) is 0.424. The molecule has 4 rings (SSSR count). The minimum atomic E-state index is -0.208. The van der Waals surface area contributed by atoms with Gasteiger partial charge in [0.2, 0.25) is 5.91 Å². The lowest BCUT2D eigenvalue weighted by atomic mass is 10.1. The molecule has 28 heavy (non-hydrogen) atoms. The van der Waals surface area contributed by atoms with E-state index in [0.29, 0.717) is 15.7 Å². The summed E-state index contributed by atoms with van der Waals surface area (Å²) in [7, 11) is 0. The van der Waals surface area contributed by atoms with Crippen LogP contribution in [-0.2, 0) is 11.3 Å². The molecule has 0 aliphatic heterocycles. The van der Waals surface area contributed by atoms with Crippen molar-refractivity contribution >= 4 is 34.6 Å². The van der Waals surface area contributed by atoms with E-state index in [4.69, 9.17) is 12.2 Å². The minimum absolute atomic E-state index is 0.0544. The number of nitrogens with one attached hydrogen (secondary N) is 2. The van der Waals surface area contributed by atoms with E-state index in [-0.39, 0.29) is 12.5 Å². The molecular weight excluding hydrogens is 390 g/mol. The maximum absolute atomic E-state index is 12.6. The summed E-state index contributed by atoms with van der Waals surface area (Å²) >= 11 is 6.70. The highest BCUT2D eigenvalue weighted by Gasteiger charge is 2.14. The molecule has 0 aliphatic rings. The zero-order chi connectivity index (χ0) is 19.5. The van der Waals surface area contributed by atoms with Crippen molar-refractivity contribution in [2.75, 3.05) is 5.32 Å². The molecule has 1 amide bonds. The normalized spacial score (nSPS) is 10.8. The molecule has 0 saturated heterocycles. The first kappa shape index (κ1) is 18.3. The molecule has 0 spiro atoms. The summed E-state index contributed by atoms with van der Waals surface area (Å²) in [6, 6.07) is 17.8. The van der Waals surface area contributed by atoms with Gasteiger partial charge in [0.15, 0.2) is 15.7 Å². The fraction of sp³-hybridized carbons (Fsp3) is 0.100. The van der Waals surface area contributed by atoms with Crippen LogP contribution in [0.2, 0.25) is 0 Å². The van der Waals surface area contributed by atoms with Crippen molar-refractivity contribution in [2.24, 2.45) is 0 Å². The Kier molecular flexibility index (Phi) is 5.14. The smallest absolute Gasteiger partial charge is 0.246 e. The Morgan fingerprint density at radius 2 is 1.96 bits per heavy atom. The van der Waals surface area contributed by atoms with Gasteiger partial charge in [-0.25, -0.2) is 4.98 Å². The monoisotopic (exact) mass is 407 g/mol. The van der Waals surface area contributed by atoms with Gasteiger partial charge in [-0.05, 0) is 25.2 Å². The Labute approximate surface area is 170 Å². The molecule has 4 aromatic rings. The third-order valence-electron chi connectivity index (χ3n) is 4.16. The van der Waals surface area contributed by atoms with Crippen LogP contribution in [-0.4, -0.2) is 25.7 Å². The van der Waals surface area contributed by atoms with Gasteiger partial charge in [-0.1, -0.05) is 54.1 Å². The van der Waals surface area contributed by atoms with Gasteiger partial charge in [0.25, 0.3) is 0 Å². The number of aromatic amines is 1. The number of aromatic nitrogens is 4. The molecule has 8 heteroatoms. The van der Waals surface area contributed by atoms with Crippen molar-refractivity contribution in [3.8, 4) is 22.6 Å². The van der Waals surface area contributed by atoms with Crippen LogP contribution < -0.4 is 5.32 Å². The van der Waals surface area contributed by atoms with Gasteiger partial charge in [0.1, 0.15) is 6.54 Å². The van der Waals surface area contributed by atoms with E-state index < -0.39 is 0 Å². The Hall–Kier alpha value is -3.10. The van der Waals surface area contributed by atoms with Crippen molar-refractivity contribution in [3.63, 3.8) is 0 Å². The van der Waals surface area contributed by atoms with Gasteiger partial charge in [0.05, 0.1) is 5.69 Å². The Morgan fingerprint density at radius 3 is 2.75 bits per heavy atom. The summed E-state index contributed by atoms with van der Waals surface area (Å²) < 4.78 is 2.08. The van der Waals surface area contributed by atoms with Crippen molar-refractivity contribution in [3.05, 3.63) is 70.3 Å². The lowest BCUT2D eigenvalue weighted by Crippen LogP contribution is -2.19. The van der Waals surface area contributed by atoms with E-state index in [1.165, 1.54) is 11.3 Å². The minimum Gasteiger partial charge on any atom is -0.300 e. The molecule has 2 heterocycles. The lowest BCUT2D eigenvalue weighted by Gasteiger charge is -2.07. The van der Waals surface area contributed by atoms with E-state index in [0.717, 1.165) is 22.4 Å². The topological polar surface area (TPSA) is 75.6 Å². The van der Waals surface area contributed by atoms with Crippen LogP contribution in [0.5, 0.6) is 0 Å². The second kappa shape index (κ2) is 7.87. The number of thiazole rings is 1. The Bertz CT molecular complexity index is 1180. The summed E-state index contributed by atoms with van der Waals surface area (Å²) in [6.45, 7) is 2.06. The van der Waals surface area contributed by atoms with Gasteiger partial charge < -0.3 is 5.32 Å². The van der Waals surface area contributed by atoms with Crippen molar-refractivity contribution < 1.29 is 4.79 Å². The van der Waals surface area contributed by atoms with Crippen molar-refractivity contribution in [1.82, 2.24) is 19.7 Å². The fourth-order valence-corrected chi connectivity index (χ4v) is 3.78. The van der Waals surface area contributed by atoms with Gasteiger partial charge in [0, 0.05) is 16.5 Å². The fourth-order valence-electron chi connectivity index (χ4n) is 2.84. The van der Waals surface area contributed by atoms with Crippen LogP contribution in [0.3, 0.4) is 0 Å². The molecular formula is C20H17N5OS2. The molecule has 2 aromatic carbocycles. The predicted molar refractivity (Wildman–Crippen MR) is 114 cm³/mol. The zero-order valence-electron chi connectivity index (χ0n) is 15.0. The van der Waals surface area contributed by atoms with Crippen LogP contribution in [0, 0.1) is 11.7 Å². The molecule has 0 unspecified atom stereocenters. The van der Waals surface area contributed by atoms with Crippen LogP contribution in [0.1, 0.15) is 5.56 Å². The molecule has 0 fully saturated rings. The maximum atomic E-state index is 12.6. The first-order valence-corrected chi connectivity index (χ1v) is 9.92. The summed E-state index contributed by atoms with van der Waals surface area (Å²) in [6.07, 6.45) is 0. The highest BCUT2D eigenvalue weighted by Crippen LogP contribution is 2.25. The number of aryl methyl sites for hydroxylation is 1. The van der Waals surface area contributed by atoms with Crippen molar-refractivity contribution in [1.29, 1.82) is 0 Å². The second-order valence-electron chi connectivity index (χ2n) is 6.26. The number of carbonyl (C=O) groups is 1. The largest absolute Gasteiger partial charge is 0.300 e. The van der Waals surface area contributed by atoms with E-state index >= 15 is 0 Å². The molecule has 0 radical (unpaired) electrons. The lowest BCUT2D eigenvalue weighted by molar-refractivity contribution is -0.116. The third-order valence-corrected chi connectivity index (χ3v) is 5.23. The quantitative estimate of drug-likeness (QED) is 0.471. The molecule has 0 bridgehead atoms. The summed E-state index contributed by atoms with van der Waals surface area (Å²) in [5.41, 5.74) is 3.86. The van der Waals surface area contributed by atoms with Gasteiger partial charge >= 0.3 is 0 Å². The Balaban J connectivity index is 1.52. The number of H-pyrrole nitrogens is 1. The molecule has 2 aromatic heterocycles. The molecule has 6 nitrogen and oxygen atoms in total. The number of anilines is 1. The van der Waals surface area contributed by atoms with Gasteiger partial charge in [-0.15, -0.1) is 11.3 Å². The molecule has 0 aliphatic carbocycles. The van der Waals surface area contributed by atoms with Gasteiger partial charge in [-0.3, -0.25) is 14.5 Å². The molecule has 140 valence electrons.